The fraction of sp³-hybridized carbons (Fsp3) is 0.273. The van der Waals surface area contributed by atoms with Crippen LogP contribution >= 0.6 is 11.6 Å². The molecule has 2 unspecified atom stereocenters. The summed E-state index contributed by atoms with van der Waals surface area (Å²) in [6, 6.07) is 9.10. The Morgan fingerprint density at radius 3 is 2.24 bits per heavy atom. The number of nitrogens with zero attached hydrogens (tertiary/aromatic N) is 2. The average molecular weight is 495 g/mol. The Morgan fingerprint density at radius 1 is 1.06 bits per heavy atom. The van der Waals surface area contributed by atoms with Crippen molar-refractivity contribution in [3.8, 4) is 5.75 Å². The van der Waals surface area contributed by atoms with Gasteiger partial charge in [0.05, 0.1) is 25.2 Å². The second-order valence-corrected chi connectivity index (χ2v) is 9.45. The number of carbonyl (C=O) groups excluding carboxylic acids is 1. The topological polar surface area (TPSA) is 113 Å². The molecule has 1 amide bonds. The van der Waals surface area contributed by atoms with Crippen LogP contribution in [-0.2, 0) is 19.6 Å². The van der Waals surface area contributed by atoms with E-state index in [2.05, 4.69) is 0 Å². The Hall–Kier alpha value is -3.08. The van der Waals surface area contributed by atoms with Crippen molar-refractivity contribution in [2.24, 2.45) is 0 Å². The molecule has 1 heterocycles. The minimum absolute atomic E-state index is 0.0866. The van der Waals surface area contributed by atoms with Gasteiger partial charge in [0.1, 0.15) is 11.8 Å². The van der Waals surface area contributed by atoms with Crippen LogP contribution in [0.1, 0.15) is 6.42 Å². The SMILES string of the molecule is COC(=O)N(c1ccc(Cl)cc1)C1CC=CCN(S(=O)(=O)c2ccc(OC)cc2)C1C(=O)O. The van der Waals surface area contributed by atoms with Crippen LogP contribution in [0.4, 0.5) is 10.5 Å². The van der Waals surface area contributed by atoms with E-state index in [0.29, 0.717) is 16.5 Å². The van der Waals surface area contributed by atoms with Gasteiger partial charge in [0.15, 0.2) is 0 Å². The van der Waals surface area contributed by atoms with Crippen LogP contribution in [0.25, 0.3) is 0 Å². The van der Waals surface area contributed by atoms with Gasteiger partial charge >= 0.3 is 12.1 Å². The van der Waals surface area contributed by atoms with Gasteiger partial charge in [-0.3, -0.25) is 9.69 Å². The van der Waals surface area contributed by atoms with E-state index in [-0.39, 0.29) is 17.9 Å². The van der Waals surface area contributed by atoms with Crippen LogP contribution in [0.2, 0.25) is 5.02 Å². The molecular weight excluding hydrogens is 472 g/mol. The summed E-state index contributed by atoms with van der Waals surface area (Å²) in [4.78, 5) is 26.2. The lowest BCUT2D eigenvalue weighted by Crippen LogP contribution is -2.58. The van der Waals surface area contributed by atoms with Crippen molar-refractivity contribution >= 4 is 39.4 Å². The normalized spacial score (nSPS) is 18.9. The van der Waals surface area contributed by atoms with Crippen LogP contribution in [0.3, 0.4) is 0 Å². The number of carboxylic acid groups (broad SMARTS) is 1. The van der Waals surface area contributed by atoms with Crippen molar-refractivity contribution in [2.45, 2.75) is 23.4 Å². The average Bonchev–Trinajstić information content (AvgIpc) is 3.04. The smallest absolute Gasteiger partial charge is 0.414 e. The molecule has 0 aromatic heterocycles. The summed E-state index contributed by atoms with van der Waals surface area (Å²) in [5, 5.41) is 10.6. The number of ether oxygens (including phenoxy) is 2. The number of carbonyl (C=O) groups is 2. The Bertz CT molecular complexity index is 1130. The molecule has 0 aliphatic carbocycles. The Balaban J connectivity index is 2.11. The first kappa shape index (κ1) is 24.6. The molecule has 0 saturated carbocycles. The number of amides is 1. The zero-order valence-electron chi connectivity index (χ0n) is 17.9. The molecule has 0 bridgehead atoms. The second-order valence-electron chi connectivity index (χ2n) is 7.12. The van der Waals surface area contributed by atoms with Gasteiger partial charge in [-0.1, -0.05) is 23.8 Å². The van der Waals surface area contributed by atoms with Crippen LogP contribution in [-0.4, -0.2) is 62.7 Å². The largest absolute Gasteiger partial charge is 0.497 e. The van der Waals surface area contributed by atoms with E-state index in [0.717, 1.165) is 9.21 Å². The molecule has 33 heavy (non-hydrogen) atoms. The number of aliphatic carboxylic acids is 1. The maximum atomic E-state index is 13.5. The van der Waals surface area contributed by atoms with Gasteiger partial charge in [0, 0.05) is 17.3 Å². The summed E-state index contributed by atoms with van der Waals surface area (Å²) < 4.78 is 37.8. The van der Waals surface area contributed by atoms with E-state index in [1.165, 1.54) is 50.6 Å². The molecule has 2 aromatic carbocycles. The highest BCUT2D eigenvalue weighted by atomic mass is 35.5. The fourth-order valence-corrected chi connectivity index (χ4v) is 5.33. The van der Waals surface area contributed by atoms with Crippen molar-refractivity contribution in [3.05, 3.63) is 65.7 Å². The Morgan fingerprint density at radius 2 is 1.70 bits per heavy atom. The van der Waals surface area contributed by atoms with Crippen LogP contribution in [0, 0.1) is 0 Å². The third-order valence-electron chi connectivity index (χ3n) is 5.23. The predicted octanol–water partition coefficient (Wildman–Crippen LogP) is 3.39. The van der Waals surface area contributed by atoms with Crippen molar-refractivity contribution in [3.63, 3.8) is 0 Å². The molecule has 0 radical (unpaired) electrons. The first-order chi connectivity index (χ1) is 15.7. The van der Waals surface area contributed by atoms with Crippen molar-refractivity contribution in [1.82, 2.24) is 4.31 Å². The quantitative estimate of drug-likeness (QED) is 0.612. The van der Waals surface area contributed by atoms with E-state index >= 15 is 0 Å². The van der Waals surface area contributed by atoms with Crippen molar-refractivity contribution in [2.75, 3.05) is 25.7 Å². The number of carboxylic acids is 1. The highest BCUT2D eigenvalue weighted by Gasteiger charge is 2.45. The number of halogens is 1. The molecule has 11 heteroatoms. The van der Waals surface area contributed by atoms with Gasteiger partial charge in [-0.05, 0) is 55.0 Å². The van der Waals surface area contributed by atoms with Gasteiger partial charge in [0.25, 0.3) is 0 Å². The highest BCUT2D eigenvalue weighted by molar-refractivity contribution is 7.89. The fourth-order valence-electron chi connectivity index (χ4n) is 3.65. The number of hydrogen-bond donors (Lipinski definition) is 1. The molecule has 9 nitrogen and oxygen atoms in total. The molecule has 0 spiro atoms. The lowest BCUT2D eigenvalue weighted by atomic mass is 10.0. The molecule has 3 rings (SSSR count). The minimum Gasteiger partial charge on any atom is -0.497 e. The first-order valence-electron chi connectivity index (χ1n) is 9.87. The lowest BCUT2D eigenvalue weighted by Gasteiger charge is -2.37. The standard InChI is InChI=1S/C22H23ClN2O7S/c1-31-17-10-12-18(13-11-17)33(29,30)24-14-4-3-5-19(20(24)21(26)27)25(22(28)32-2)16-8-6-15(23)7-9-16/h3-4,6-13,19-20H,5,14H2,1-2H3,(H,26,27). The van der Waals surface area contributed by atoms with Crippen LogP contribution in [0.5, 0.6) is 5.75 Å². The second kappa shape index (κ2) is 10.2. The van der Waals surface area contributed by atoms with Crippen molar-refractivity contribution < 1.29 is 32.6 Å². The van der Waals surface area contributed by atoms with Gasteiger partial charge < -0.3 is 14.6 Å². The Labute approximate surface area is 196 Å². The van der Waals surface area contributed by atoms with Gasteiger partial charge in [-0.15, -0.1) is 0 Å². The minimum atomic E-state index is -4.25. The van der Waals surface area contributed by atoms with Gasteiger partial charge in [-0.25, -0.2) is 13.2 Å². The molecular formula is C22H23ClN2O7S. The number of methoxy groups -OCH3 is 2. The molecule has 176 valence electrons. The third kappa shape index (κ3) is 5.13. The summed E-state index contributed by atoms with van der Waals surface area (Å²) in [6.45, 7) is -0.183. The number of anilines is 1. The zero-order valence-corrected chi connectivity index (χ0v) is 19.5. The molecule has 2 atom stereocenters. The van der Waals surface area contributed by atoms with Gasteiger partial charge in [0.2, 0.25) is 10.0 Å². The van der Waals surface area contributed by atoms with Crippen molar-refractivity contribution in [1.29, 1.82) is 0 Å². The number of sulfonamides is 1. The third-order valence-corrected chi connectivity index (χ3v) is 7.34. The Kier molecular flexibility index (Phi) is 7.62. The molecule has 1 aliphatic heterocycles. The summed E-state index contributed by atoms with van der Waals surface area (Å²) in [5.74, 6) is -0.944. The summed E-state index contributed by atoms with van der Waals surface area (Å²) >= 11 is 5.96. The molecule has 0 saturated heterocycles. The van der Waals surface area contributed by atoms with Crippen LogP contribution in [0.15, 0.2) is 65.6 Å². The number of hydrogen-bond acceptors (Lipinski definition) is 6. The monoisotopic (exact) mass is 494 g/mol. The summed E-state index contributed by atoms with van der Waals surface area (Å²) in [7, 11) is -1.63. The highest BCUT2D eigenvalue weighted by Crippen LogP contribution is 2.31. The zero-order chi connectivity index (χ0) is 24.2. The summed E-state index contributed by atoms with van der Waals surface area (Å²) in [6.07, 6.45) is 2.47. The summed E-state index contributed by atoms with van der Waals surface area (Å²) in [5.41, 5.74) is 0.319. The maximum absolute atomic E-state index is 13.5. The molecule has 2 aromatic rings. The number of rotatable bonds is 6. The van der Waals surface area contributed by atoms with Gasteiger partial charge in [-0.2, -0.15) is 4.31 Å². The molecule has 1 N–H and O–H groups in total. The van der Waals surface area contributed by atoms with E-state index in [1.54, 1.807) is 24.3 Å². The maximum Gasteiger partial charge on any atom is 0.414 e. The predicted molar refractivity (Wildman–Crippen MR) is 122 cm³/mol. The number of benzene rings is 2. The first-order valence-corrected chi connectivity index (χ1v) is 11.7. The van der Waals surface area contributed by atoms with Crippen LogP contribution < -0.4 is 9.64 Å². The van der Waals surface area contributed by atoms with E-state index in [9.17, 15) is 23.1 Å². The van der Waals surface area contributed by atoms with E-state index in [4.69, 9.17) is 21.1 Å². The lowest BCUT2D eigenvalue weighted by molar-refractivity contribution is -0.142. The molecule has 0 fully saturated rings. The van der Waals surface area contributed by atoms with E-state index < -0.39 is 34.2 Å². The van der Waals surface area contributed by atoms with E-state index in [1.807, 2.05) is 0 Å². The molecule has 1 aliphatic rings.